The van der Waals surface area contributed by atoms with Gasteiger partial charge in [-0.2, -0.15) is 0 Å². The van der Waals surface area contributed by atoms with Gasteiger partial charge in [0.05, 0.1) is 12.8 Å². The van der Waals surface area contributed by atoms with Gasteiger partial charge in [-0.05, 0) is 44.2 Å². The van der Waals surface area contributed by atoms with Crippen LogP contribution in [-0.2, 0) is 9.59 Å². The number of amides is 2. The molecule has 5 nitrogen and oxygen atoms in total. The largest absolute Gasteiger partial charge is 0.495 e. The molecular formula is C19H25ClN2O3. The highest BCUT2D eigenvalue weighted by Crippen LogP contribution is 2.33. The van der Waals surface area contributed by atoms with Crippen molar-refractivity contribution in [3.63, 3.8) is 0 Å². The van der Waals surface area contributed by atoms with Crippen molar-refractivity contribution in [3.8, 4) is 5.75 Å². The van der Waals surface area contributed by atoms with Crippen molar-refractivity contribution in [2.75, 3.05) is 25.5 Å². The lowest BCUT2D eigenvalue weighted by molar-refractivity contribution is -0.140. The summed E-state index contributed by atoms with van der Waals surface area (Å²) in [5, 5.41) is 3.57. The van der Waals surface area contributed by atoms with Crippen LogP contribution < -0.4 is 10.1 Å². The molecular weight excluding hydrogens is 340 g/mol. The molecule has 1 saturated carbocycles. The molecule has 1 aliphatic heterocycles. The van der Waals surface area contributed by atoms with Crippen LogP contribution in [-0.4, -0.2) is 36.9 Å². The van der Waals surface area contributed by atoms with Crippen molar-refractivity contribution in [3.05, 3.63) is 22.7 Å². The SMILES string of the molecule is COc1cc(Cl)c(C)cc1NC(=O)C1CCN(C(=O)C2CCC2)CC1. The number of rotatable bonds is 4. The van der Waals surface area contributed by atoms with E-state index in [9.17, 15) is 9.59 Å². The van der Waals surface area contributed by atoms with Crippen LogP contribution in [0.4, 0.5) is 5.69 Å². The number of carbonyl (C=O) groups is 2. The molecule has 0 spiro atoms. The number of nitrogens with zero attached hydrogens (tertiary/aromatic N) is 1. The molecule has 0 atom stereocenters. The van der Waals surface area contributed by atoms with Crippen LogP contribution in [0, 0.1) is 18.8 Å². The van der Waals surface area contributed by atoms with E-state index >= 15 is 0 Å². The van der Waals surface area contributed by atoms with E-state index < -0.39 is 0 Å². The third kappa shape index (κ3) is 3.92. The normalized spacial score (nSPS) is 18.6. The second-order valence-electron chi connectivity index (χ2n) is 7.02. The molecule has 1 aliphatic carbocycles. The first-order valence-electron chi connectivity index (χ1n) is 8.93. The number of ether oxygens (including phenoxy) is 1. The van der Waals surface area contributed by atoms with Crippen LogP contribution in [0.2, 0.25) is 5.02 Å². The van der Waals surface area contributed by atoms with Gasteiger partial charge in [-0.1, -0.05) is 18.0 Å². The number of piperidine rings is 1. The summed E-state index contributed by atoms with van der Waals surface area (Å²) in [6, 6.07) is 3.54. The molecule has 0 bridgehead atoms. The van der Waals surface area contributed by atoms with Crippen LogP contribution in [0.5, 0.6) is 5.75 Å². The predicted octanol–water partition coefficient (Wildman–Crippen LogP) is 3.63. The average Bonchev–Trinajstić information content (AvgIpc) is 2.56. The van der Waals surface area contributed by atoms with E-state index in [1.165, 1.54) is 0 Å². The standard InChI is InChI=1S/C19H25ClN2O3/c1-12-10-16(17(25-2)11-15(12)20)21-18(23)13-6-8-22(9-7-13)19(24)14-4-3-5-14/h10-11,13-14H,3-9H2,1-2H3,(H,21,23). The van der Waals surface area contributed by atoms with Gasteiger partial charge in [0.1, 0.15) is 5.75 Å². The average molecular weight is 365 g/mol. The molecule has 0 aromatic heterocycles. The van der Waals surface area contributed by atoms with Gasteiger partial charge in [-0.3, -0.25) is 9.59 Å². The van der Waals surface area contributed by atoms with Gasteiger partial charge in [0.2, 0.25) is 11.8 Å². The number of methoxy groups -OCH3 is 1. The van der Waals surface area contributed by atoms with Gasteiger partial charge in [0, 0.05) is 36.0 Å². The first-order chi connectivity index (χ1) is 12.0. The number of hydrogen-bond donors (Lipinski definition) is 1. The predicted molar refractivity (Wildman–Crippen MR) is 98.0 cm³/mol. The number of halogens is 1. The van der Waals surface area contributed by atoms with Crippen LogP contribution in [0.1, 0.15) is 37.7 Å². The van der Waals surface area contributed by atoms with Crippen LogP contribution in [0.15, 0.2) is 12.1 Å². The lowest BCUT2D eigenvalue weighted by atomic mass is 9.83. The minimum Gasteiger partial charge on any atom is -0.495 e. The quantitative estimate of drug-likeness (QED) is 0.887. The number of nitrogens with one attached hydrogen (secondary N) is 1. The van der Waals surface area contributed by atoms with Gasteiger partial charge in [-0.15, -0.1) is 0 Å². The van der Waals surface area contributed by atoms with Crippen molar-refractivity contribution in [1.29, 1.82) is 0 Å². The van der Waals surface area contributed by atoms with E-state index in [4.69, 9.17) is 16.3 Å². The molecule has 3 rings (SSSR count). The number of anilines is 1. The number of aryl methyl sites for hydroxylation is 1. The summed E-state index contributed by atoms with van der Waals surface area (Å²) in [7, 11) is 1.56. The van der Waals surface area contributed by atoms with E-state index in [1.807, 2.05) is 17.9 Å². The first-order valence-corrected chi connectivity index (χ1v) is 9.31. The Labute approximate surface area is 153 Å². The van der Waals surface area contributed by atoms with Crippen LogP contribution >= 0.6 is 11.6 Å². The molecule has 2 amide bonds. The van der Waals surface area contributed by atoms with E-state index in [2.05, 4.69) is 5.32 Å². The highest BCUT2D eigenvalue weighted by Gasteiger charge is 2.33. The van der Waals surface area contributed by atoms with E-state index in [0.29, 0.717) is 42.4 Å². The van der Waals surface area contributed by atoms with Crippen molar-refractivity contribution < 1.29 is 14.3 Å². The number of benzene rings is 1. The van der Waals surface area contributed by atoms with Crippen LogP contribution in [0.25, 0.3) is 0 Å². The van der Waals surface area contributed by atoms with Gasteiger partial charge in [-0.25, -0.2) is 0 Å². The maximum absolute atomic E-state index is 12.6. The third-order valence-electron chi connectivity index (χ3n) is 5.37. The van der Waals surface area contributed by atoms with Crippen molar-refractivity contribution in [1.82, 2.24) is 4.90 Å². The Morgan fingerprint density at radius 3 is 2.40 bits per heavy atom. The smallest absolute Gasteiger partial charge is 0.227 e. The lowest BCUT2D eigenvalue weighted by Gasteiger charge is -2.36. The number of likely N-dealkylation sites (tertiary alicyclic amines) is 1. The lowest BCUT2D eigenvalue weighted by Crippen LogP contribution is -2.45. The fourth-order valence-electron chi connectivity index (χ4n) is 3.44. The molecule has 0 radical (unpaired) electrons. The maximum atomic E-state index is 12.6. The molecule has 1 N–H and O–H groups in total. The fourth-order valence-corrected chi connectivity index (χ4v) is 3.59. The van der Waals surface area contributed by atoms with Crippen LogP contribution in [0.3, 0.4) is 0 Å². The minimum atomic E-state index is -0.0777. The molecule has 1 saturated heterocycles. The topological polar surface area (TPSA) is 58.6 Å². The van der Waals surface area contributed by atoms with Gasteiger partial charge < -0.3 is 15.0 Å². The van der Waals surface area contributed by atoms with E-state index in [0.717, 1.165) is 24.8 Å². The summed E-state index contributed by atoms with van der Waals surface area (Å²) in [5.41, 5.74) is 1.53. The molecule has 2 fully saturated rings. The molecule has 1 aromatic rings. The van der Waals surface area contributed by atoms with E-state index in [-0.39, 0.29) is 23.7 Å². The van der Waals surface area contributed by atoms with Gasteiger partial charge in [0.15, 0.2) is 0 Å². The molecule has 25 heavy (non-hydrogen) atoms. The highest BCUT2D eigenvalue weighted by atomic mass is 35.5. The summed E-state index contributed by atoms with van der Waals surface area (Å²) >= 11 is 6.11. The van der Waals surface area contributed by atoms with Crippen molar-refractivity contribution in [2.45, 2.75) is 39.0 Å². The molecule has 1 heterocycles. The number of carbonyl (C=O) groups excluding carboxylic acids is 2. The maximum Gasteiger partial charge on any atom is 0.227 e. The van der Waals surface area contributed by atoms with Crippen molar-refractivity contribution >= 4 is 29.1 Å². The zero-order valence-corrected chi connectivity index (χ0v) is 15.6. The second-order valence-corrected chi connectivity index (χ2v) is 7.43. The Hall–Kier alpha value is -1.75. The van der Waals surface area contributed by atoms with Gasteiger partial charge >= 0.3 is 0 Å². The van der Waals surface area contributed by atoms with E-state index in [1.54, 1.807) is 13.2 Å². The Kier molecular flexibility index (Phi) is 5.52. The number of hydrogen-bond acceptors (Lipinski definition) is 3. The molecule has 6 heteroatoms. The zero-order chi connectivity index (χ0) is 18.0. The minimum absolute atomic E-state index is 0.0178. The first kappa shape index (κ1) is 18.1. The Balaban J connectivity index is 1.58. The molecule has 0 unspecified atom stereocenters. The third-order valence-corrected chi connectivity index (χ3v) is 5.78. The Bertz CT molecular complexity index is 665. The summed E-state index contributed by atoms with van der Waals surface area (Å²) in [6.45, 7) is 3.23. The summed E-state index contributed by atoms with van der Waals surface area (Å²) in [6.07, 6.45) is 4.62. The summed E-state index contributed by atoms with van der Waals surface area (Å²) in [5.74, 6) is 0.968. The molecule has 1 aromatic carbocycles. The Morgan fingerprint density at radius 2 is 1.84 bits per heavy atom. The zero-order valence-electron chi connectivity index (χ0n) is 14.8. The second kappa shape index (κ2) is 7.65. The molecule has 136 valence electrons. The van der Waals surface area contributed by atoms with Crippen molar-refractivity contribution in [2.24, 2.45) is 11.8 Å². The molecule has 2 aliphatic rings. The Morgan fingerprint density at radius 1 is 1.16 bits per heavy atom. The van der Waals surface area contributed by atoms with Gasteiger partial charge in [0.25, 0.3) is 0 Å². The highest BCUT2D eigenvalue weighted by molar-refractivity contribution is 6.31. The summed E-state index contributed by atoms with van der Waals surface area (Å²) < 4.78 is 5.31. The fraction of sp³-hybridized carbons (Fsp3) is 0.579. The summed E-state index contributed by atoms with van der Waals surface area (Å²) in [4.78, 5) is 26.8. The monoisotopic (exact) mass is 364 g/mol.